The number of benzene rings is 2. The summed E-state index contributed by atoms with van der Waals surface area (Å²) in [5, 5.41) is 3.35. The van der Waals surface area contributed by atoms with Crippen molar-refractivity contribution in [2.75, 3.05) is 46.4 Å². The van der Waals surface area contributed by atoms with E-state index in [-0.39, 0.29) is 29.7 Å². The predicted molar refractivity (Wildman–Crippen MR) is 145 cm³/mol. The van der Waals surface area contributed by atoms with Crippen LogP contribution in [0.15, 0.2) is 54.6 Å². The molecule has 2 aromatic carbocycles. The summed E-state index contributed by atoms with van der Waals surface area (Å²) < 4.78 is 5.34. The smallest absolute Gasteiger partial charge is 0.254 e. The Hall–Kier alpha value is -3.39. The highest BCUT2D eigenvalue weighted by Gasteiger charge is 2.46. The van der Waals surface area contributed by atoms with Crippen LogP contribution in [-0.2, 0) is 16.0 Å². The third-order valence-electron chi connectivity index (χ3n) is 7.93. The summed E-state index contributed by atoms with van der Waals surface area (Å²) >= 11 is 0. The maximum absolute atomic E-state index is 13.9. The van der Waals surface area contributed by atoms with Gasteiger partial charge in [0.1, 0.15) is 11.8 Å². The van der Waals surface area contributed by atoms with Crippen LogP contribution in [0.4, 0.5) is 0 Å². The van der Waals surface area contributed by atoms with Crippen LogP contribution in [0, 0.1) is 5.92 Å². The minimum Gasteiger partial charge on any atom is -0.497 e. The molecule has 2 heterocycles. The molecule has 1 saturated carbocycles. The lowest BCUT2D eigenvalue weighted by Crippen LogP contribution is -2.48. The molecule has 0 spiro atoms. The lowest BCUT2D eigenvalue weighted by atomic mass is 10.1. The molecule has 38 heavy (non-hydrogen) atoms. The van der Waals surface area contributed by atoms with Crippen molar-refractivity contribution in [1.29, 1.82) is 0 Å². The molecule has 3 aliphatic rings. The minimum atomic E-state index is -0.594. The first-order valence-electron chi connectivity index (χ1n) is 13.8. The second-order valence-corrected chi connectivity index (χ2v) is 10.6. The van der Waals surface area contributed by atoms with E-state index < -0.39 is 6.04 Å². The fraction of sp³-hybridized carbons (Fsp3) is 0.500. The second-order valence-electron chi connectivity index (χ2n) is 10.6. The quantitative estimate of drug-likeness (QED) is 0.581. The number of likely N-dealkylation sites (tertiary alicyclic amines) is 1. The number of ether oxygens (including phenoxy) is 1. The fourth-order valence-corrected chi connectivity index (χ4v) is 5.63. The molecule has 2 aliphatic heterocycles. The summed E-state index contributed by atoms with van der Waals surface area (Å²) in [5.41, 5.74) is 1.66. The molecule has 1 N–H and O–H groups in total. The summed E-state index contributed by atoms with van der Waals surface area (Å²) in [6, 6.07) is 16.4. The Kier molecular flexibility index (Phi) is 8.27. The molecule has 2 aromatic rings. The van der Waals surface area contributed by atoms with Gasteiger partial charge in [0.2, 0.25) is 11.8 Å². The highest BCUT2D eigenvalue weighted by Crippen LogP contribution is 2.34. The zero-order valence-corrected chi connectivity index (χ0v) is 22.2. The molecule has 5 rings (SSSR count). The molecule has 8 heteroatoms. The molecule has 3 amide bonds. The molecule has 202 valence electrons. The van der Waals surface area contributed by atoms with Gasteiger partial charge in [0.05, 0.1) is 13.2 Å². The molecule has 0 radical (unpaired) electrons. The first-order valence-corrected chi connectivity index (χ1v) is 13.8. The molecule has 3 fully saturated rings. The van der Waals surface area contributed by atoms with Crippen LogP contribution in [0.2, 0.25) is 0 Å². The molecule has 1 aliphatic carbocycles. The normalized spacial score (nSPS) is 21.6. The van der Waals surface area contributed by atoms with Gasteiger partial charge in [-0.25, -0.2) is 0 Å². The zero-order chi connectivity index (χ0) is 26.5. The van der Waals surface area contributed by atoms with Gasteiger partial charge in [-0.1, -0.05) is 36.4 Å². The number of nitrogens with zero attached hydrogens (tertiary/aromatic N) is 3. The van der Waals surface area contributed by atoms with Crippen molar-refractivity contribution in [1.82, 2.24) is 20.0 Å². The first-order chi connectivity index (χ1) is 18.5. The van der Waals surface area contributed by atoms with Gasteiger partial charge < -0.3 is 24.8 Å². The Morgan fingerprint density at radius 3 is 2.61 bits per heavy atom. The molecule has 8 nitrogen and oxygen atoms in total. The number of nitrogens with one attached hydrogen (secondary N) is 1. The van der Waals surface area contributed by atoms with Crippen LogP contribution in [0.1, 0.15) is 41.6 Å². The van der Waals surface area contributed by atoms with Gasteiger partial charge >= 0.3 is 0 Å². The number of hydrogen-bond donors (Lipinski definition) is 1. The Morgan fingerprint density at radius 1 is 1.03 bits per heavy atom. The summed E-state index contributed by atoms with van der Waals surface area (Å²) in [5.74, 6) is 0.613. The maximum Gasteiger partial charge on any atom is 0.254 e. The topological polar surface area (TPSA) is 82.2 Å². The number of methoxy groups -OCH3 is 1. The van der Waals surface area contributed by atoms with E-state index in [1.54, 1.807) is 36.3 Å². The molecular weight excluding hydrogens is 480 g/mol. The van der Waals surface area contributed by atoms with E-state index in [4.69, 9.17) is 4.74 Å². The molecule has 2 unspecified atom stereocenters. The van der Waals surface area contributed by atoms with E-state index in [2.05, 4.69) is 17.4 Å². The van der Waals surface area contributed by atoms with Crippen molar-refractivity contribution in [3.8, 4) is 5.75 Å². The average Bonchev–Trinajstić information content (AvgIpc) is 3.77. The largest absolute Gasteiger partial charge is 0.497 e. The Labute approximate surface area is 224 Å². The van der Waals surface area contributed by atoms with Gasteiger partial charge in [-0.15, -0.1) is 0 Å². The number of rotatable bonds is 8. The van der Waals surface area contributed by atoms with Crippen molar-refractivity contribution in [3.05, 3.63) is 65.7 Å². The molecule has 0 bridgehead atoms. The maximum atomic E-state index is 13.9. The third-order valence-corrected chi connectivity index (χ3v) is 7.93. The van der Waals surface area contributed by atoms with Crippen molar-refractivity contribution >= 4 is 17.7 Å². The average molecular weight is 519 g/mol. The summed E-state index contributed by atoms with van der Waals surface area (Å²) in [6.07, 6.45) is 3.93. The van der Waals surface area contributed by atoms with Crippen LogP contribution in [-0.4, -0.2) is 90.9 Å². The van der Waals surface area contributed by atoms with Crippen LogP contribution >= 0.6 is 0 Å². The monoisotopic (exact) mass is 518 g/mol. The van der Waals surface area contributed by atoms with E-state index in [0.717, 1.165) is 38.8 Å². The second kappa shape index (κ2) is 12.0. The fourth-order valence-electron chi connectivity index (χ4n) is 5.63. The first kappa shape index (κ1) is 26.2. The van der Waals surface area contributed by atoms with Gasteiger partial charge in [-0.05, 0) is 62.4 Å². The number of carbonyl (C=O) groups is 3. The Morgan fingerprint density at radius 2 is 1.84 bits per heavy atom. The Balaban J connectivity index is 1.41. The lowest BCUT2D eigenvalue weighted by molar-refractivity contribution is -0.136. The summed E-state index contributed by atoms with van der Waals surface area (Å²) in [4.78, 5) is 46.7. The molecule has 0 aromatic heterocycles. The minimum absolute atomic E-state index is 0.0191. The van der Waals surface area contributed by atoms with Gasteiger partial charge in [0.25, 0.3) is 5.91 Å². The lowest BCUT2D eigenvalue weighted by Gasteiger charge is -2.29. The van der Waals surface area contributed by atoms with Crippen LogP contribution in [0.25, 0.3) is 0 Å². The van der Waals surface area contributed by atoms with Crippen molar-refractivity contribution < 1.29 is 19.1 Å². The van der Waals surface area contributed by atoms with Gasteiger partial charge in [-0.3, -0.25) is 14.4 Å². The van der Waals surface area contributed by atoms with Gasteiger partial charge in [0, 0.05) is 44.2 Å². The van der Waals surface area contributed by atoms with E-state index in [1.165, 1.54) is 5.56 Å². The third kappa shape index (κ3) is 6.01. The highest BCUT2D eigenvalue weighted by molar-refractivity contribution is 5.98. The standard InChI is InChI=1S/C30H38N4O4/c1-38-26-10-5-9-24(19-26)29(36)34-21-25(20-27(34)30(37)32-16-6-14-31-15-18-32)33(28(35)23-11-12-23)17-13-22-7-3-2-4-8-22/h2-5,7-10,19,23,25,27,31H,6,11-18,20-21H2,1H3. The predicted octanol–water partition coefficient (Wildman–Crippen LogP) is 2.58. The van der Waals surface area contributed by atoms with Crippen LogP contribution in [0.3, 0.4) is 0 Å². The number of amides is 3. The van der Waals surface area contributed by atoms with E-state index in [0.29, 0.717) is 43.9 Å². The van der Waals surface area contributed by atoms with Gasteiger partial charge in [-0.2, -0.15) is 0 Å². The van der Waals surface area contributed by atoms with Crippen LogP contribution < -0.4 is 10.1 Å². The van der Waals surface area contributed by atoms with Crippen LogP contribution in [0.5, 0.6) is 5.75 Å². The van der Waals surface area contributed by atoms with Crippen molar-refractivity contribution in [2.45, 2.75) is 44.2 Å². The van der Waals surface area contributed by atoms with Crippen molar-refractivity contribution in [3.63, 3.8) is 0 Å². The molecule has 2 atom stereocenters. The number of carbonyl (C=O) groups excluding carboxylic acids is 3. The van der Waals surface area contributed by atoms with Crippen molar-refractivity contribution in [2.24, 2.45) is 5.92 Å². The van der Waals surface area contributed by atoms with E-state index in [9.17, 15) is 14.4 Å². The summed E-state index contributed by atoms with van der Waals surface area (Å²) in [7, 11) is 1.57. The SMILES string of the molecule is COc1cccc(C(=O)N2CC(N(CCc3ccccc3)C(=O)C3CC3)CC2C(=O)N2CCCNCC2)c1. The van der Waals surface area contributed by atoms with E-state index in [1.807, 2.05) is 28.0 Å². The molecule has 2 saturated heterocycles. The number of hydrogen-bond acceptors (Lipinski definition) is 5. The Bertz CT molecular complexity index is 1130. The zero-order valence-electron chi connectivity index (χ0n) is 22.2. The van der Waals surface area contributed by atoms with E-state index >= 15 is 0 Å². The summed E-state index contributed by atoms with van der Waals surface area (Å²) in [6.45, 7) is 3.86. The molecular formula is C30H38N4O4. The van der Waals surface area contributed by atoms with Gasteiger partial charge in [0.15, 0.2) is 0 Å². The highest BCUT2D eigenvalue weighted by atomic mass is 16.5.